The summed E-state index contributed by atoms with van der Waals surface area (Å²) in [4.78, 5) is 11.8. The van der Waals surface area contributed by atoms with E-state index in [1.807, 2.05) is 0 Å². The molecule has 0 aromatic heterocycles. The van der Waals surface area contributed by atoms with Gasteiger partial charge in [-0.05, 0) is 36.6 Å². The molecule has 0 radical (unpaired) electrons. The molecule has 1 aromatic carbocycles. The highest BCUT2D eigenvalue weighted by Gasteiger charge is 2.27. The molecule has 0 saturated carbocycles. The number of benzene rings is 1. The van der Waals surface area contributed by atoms with Gasteiger partial charge in [0.2, 0.25) is 0 Å². The molecule has 1 amide bonds. The van der Waals surface area contributed by atoms with E-state index in [4.69, 9.17) is 11.6 Å². The van der Waals surface area contributed by atoms with Crippen LogP contribution >= 0.6 is 11.6 Å². The van der Waals surface area contributed by atoms with E-state index in [1.165, 1.54) is 0 Å². The molecular weight excluding hydrogens is 274 g/mol. The molecule has 1 saturated heterocycles. The van der Waals surface area contributed by atoms with Crippen LogP contribution in [-0.4, -0.2) is 32.4 Å². The molecule has 6 heteroatoms. The van der Waals surface area contributed by atoms with E-state index < -0.39 is 9.84 Å². The zero-order valence-corrected chi connectivity index (χ0v) is 11.3. The summed E-state index contributed by atoms with van der Waals surface area (Å²) in [5, 5.41) is 3.33. The zero-order valence-electron chi connectivity index (χ0n) is 9.73. The maximum absolute atomic E-state index is 11.8. The van der Waals surface area contributed by atoms with Gasteiger partial charge in [0.1, 0.15) is 0 Å². The highest BCUT2D eigenvalue weighted by atomic mass is 35.5. The molecule has 18 heavy (non-hydrogen) atoms. The number of rotatable bonds is 3. The summed E-state index contributed by atoms with van der Waals surface area (Å²) in [7, 11) is -2.88. The molecule has 2 rings (SSSR count). The first-order valence-electron chi connectivity index (χ1n) is 5.70. The van der Waals surface area contributed by atoms with Gasteiger partial charge in [-0.3, -0.25) is 4.79 Å². The van der Waals surface area contributed by atoms with Gasteiger partial charge in [-0.15, -0.1) is 0 Å². The van der Waals surface area contributed by atoms with Crippen LogP contribution in [-0.2, 0) is 9.84 Å². The summed E-state index contributed by atoms with van der Waals surface area (Å²) in [5.74, 6) is 0.241. The van der Waals surface area contributed by atoms with Gasteiger partial charge >= 0.3 is 0 Å². The monoisotopic (exact) mass is 287 g/mol. The lowest BCUT2D eigenvalue weighted by molar-refractivity contribution is 0.0948. The average molecular weight is 288 g/mol. The predicted octanol–water partition coefficient (Wildman–Crippen LogP) is 1.50. The molecule has 1 aliphatic heterocycles. The Morgan fingerprint density at radius 1 is 1.33 bits per heavy atom. The van der Waals surface area contributed by atoms with Crippen molar-refractivity contribution in [2.45, 2.75) is 6.42 Å². The van der Waals surface area contributed by atoms with Gasteiger partial charge in [0, 0.05) is 17.1 Å². The van der Waals surface area contributed by atoms with Crippen molar-refractivity contribution in [1.29, 1.82) is 0 Å². The Kier molecular flexibility index (Phi) is 3.92. The lowest BCUT2D eigenvalue weighted by Crippen LogP contribution is -2.29. The van der Waals surface area contributed by atoms with Gasteiger partial charge in [-0.1, -0.05) is 11.6 Å². The maximum Gasteiger partial charge on any atom is 0.251 e. The van der Waals surface area contributed by atoms with E-state index in [-0.39, 0.29) is 23.3 Å². The predicted molar refractivity (Wildman–Crippen MR) is 70.5 cm³/mol. The second kappa shape index (κ2) is 5.28. The summed E-state index contributed by atoms with van der Waals surface area (Å²) < 4.78 is 22.5. The number of nitrogens with one attached hydrogen (secondary N) is 1. The van der Waals surface area contributed by atoms with Crippen molar-refractivity contribution in [2.24, 2.45) is 5.92 Å². The molecule has 4 nitrogen and oxygen atoms in total. The summed E-state index contributed by atoms with van der Waals surface area (Å²) in [6, 6.07) is 6.58. The number of amides is 1. The van der Waals surface area contributed by atoms with E-state index in [1.54, 1.807) is 24.3 Å². The molecule has 0 spiro atoms. The molecule has 1 aromatic rings. The highest BCUT2D eigenvalue weighted by Crippen LogP contribution is 2.17. The maximum atomic E-state index is 11.8. The fourth-order valence-corrected chi connectivity index (χ4v) is 3.96. The normalized spacial score (nSPS) is 21.7. The molecule has 1 fully saturated rings. The topological polar surface area (TPSA) is 63.2 Å². The average Bonchev–Trinajstić information content (AvgIpc) is 2.67. The van der Waals surface area contributed by atoms with Crippen LogP contribution in [0.4, 0.5) is 0 Å². The van der Waals surface area contributed by atoms with Crippen molar-refractivity contribution in [1.82, 2.24) is 5.32 Å². The number of hydrogen-bond acceptors (Lipinski definition) is 3. The fourth-order valence-electron chi connectivity index (χ4n) is 1.97. The van der Waals surface area contributed by atoms with Crippen LogP contribution in [0.15, 0.2) is 24.3 Å². The number of hydrogen-bond donors (Lipinski definition) is 1. The smallest absolute Gasteiger partial charge is 0.251 e. The molecule has 1 aliphatic rings. The van der Waals surface area contributed by atoms with E-state index in [9.17, 15) is 13.2 Å². The van der Waals surface area contributed by atoms with Gasteiger partial charge in [-0.25, -0.2) is 8.42 Å². The van der Waals surface area contributed by atoms with Crippen LogP contribution in [0.25, 0.3) is 0 Å². The summed E-state index contributed by atoms with van der Waals surface area (Å²) in [6.45, 7) is 0.403. The van der Waals surface area contributed by atoms with E-state index in [0.717, 1.165) is 0 Å². The molecule has 0 bridgehead atoms. The van der Waals surface area contributed by atoms with Crippen LogP contribution in [0.2, 0.25) is 5.02 Å². The van der Waals surface area contributed by atoms with E-state index >= 15 is 0 Å². The van der Waals surface area contributed by atoms with Crippen molar-refractivity contribution >= 4 is 27.3 Å². The highest BCUT2D eigenvalue weighted by molar-refractivity contribution is 7.91. The van der Waals surface area contributed by atoms with E-state index in [0.29, 0.717) is 23.6 Å². The van der Waals surface area contributed by atoms with Gasteiger partial charge in [0.05, 0.1) is 11.5 Å². The van der Waals surface area contributed by atoms with Crippen LogP contribution in [0, 0.1) is 5.92 Å². The van der Waals surface area contributed by atoms with Crippen LogP contribution < -0.4 is 5.32 Å². The second-order valence-corrected chi connectivity index (χ2v) is 7.15. The minimum atomic E-state index is -2.88. The molecule has 1 unspecified atom stereocenters. The molecular formula is C12H14ClNO3S. The molecule has 98 valence electrons. The van der Waals surface area contributed by atoms with Gasteiger partial charge in [0.25, 0.3) is 5.91 Å². The standard InChI is InChI=1S/C12H14ClNO3S/c13-11-3-1-10(2-4-11)12(15)14-7-9-5-6-18(16,17)8-9/h1-4,9H,5-8H2,(H,14,15). The number of halogens is 1. The zero-order chi connectivity index (χ0) is 13.2. The lowest BCUT2D eigenvalue weighted by Gasteiger charge is -2.09. The van der Waals surface area contributed by atoms with Crippen molar-refractivity contribution in [3.63, 3.8) is 0 Å². The SMILES string of the molecule is O=C(NCC1CCS(=O)(=O)C1)c1ccc(Cl)cc1. The van der Waals surface area contributed by atoms with Crippen LogP contribution in [0.3, 0.4) is 0 Å². The third-order valence-electron chi connectivity index (χ3n) is 2.98. The first-order valence-corrected chi connectivity index (χ1v) is 7.90. The first-order chi connectivity index (χ1) is 8.46. The minimum absolute atomic E-state index is 0.0336. The first kappa shape index (κ1) is 13.4. The Hall–Kier alpha value is -1.07. The molecule has 1 atom stereocenters. The molecule has 0 aliphatic carbocycles. The van der Waals surface area contributed by atoms with Gasteiger partial charge in [-0.2, -0.15) is 0 Å². The Bertz CT molecular complexity index is 539. The largest absolute Gasteiger partial charge is 0.352 e. The Morgan fingerprint density at radius 2 is 2.00 bits per heavy atom. The second-order valence-electron chi connectivity index (χ2n) is 4.49. The Labute approximate surface area is 111 Å². The number of carbonyl (C=O) groups excluding carboxylic acids is 1. The number of sulfone groups is 1. The van der Waals surface area contributed by atoms with Crippen molar-refractivity contribution in [2.75, 3.05) is 18.1 Å². The van der Waals surface area contributed by atoms with Gasteiger partial charge < -0.3 is 5.32 Å². The third-order valence-corrected chi connectivity index (χ3v) is 5.07. The van der Waals surface area contributed by atoms with Crippen LogP contribution in [0.5, 0.6) is 0 Å². The quantitative estimate of drug-likeness (QED) is 0.916. The molecule has 1 heterocycles. The van der Waals surface area contributed by atoms with E-state index in [2.05, 4.69) is 5.32 Å². The number of carbonyl (C=O) groups is 1. The lowest BCUT2D eigenvalue weighted by atomic mass is 10.1. The Balaban J connectivity index is 1.87. The minimum Gasteiger partial charge on any atom is -0.352 e. The summed E-state index contributed by atoms with van der Waals surface area (Å²) in [5.41, 5.74) is 0.528. The van der Waals surface area contributed by atoms with Crippen LogP contribution in [0.1, 0.15) is 16.8 Å². The Morgan fingerprint density at radius 3 is 2.56 bits per heavy atom. The van der Waals surface area contributed by atoms with Gasteiger partial charge in [0.15, 0.2) is 9.84 Å². The van der Waals surface area contributed by atoms with Crippen molar-refractivity contribution in [3.05, 3.63) is 34.9 Å². The fraction of sp³-hybridized carbons (Fsp3) is 0.417. The summed E-state index contributed by atoms with van der Waals surface area (Å²) >= 11 is 5.73. The summed E-state index contributed by atoms with van der Waals surface area (Å²) in [6.07, 6.45) is 0.628. The van der Waals surface area contributed by atoms with Crippen molar-refractivity contribution in [3.8, 4) is 0 Å². The van der Waals surface area contributed by atoms with Crippen molar-refractivity contribution < 1.29 is 13.2 Å². The third kappa shape index (κ3) is 3.46. The molecule has 1 N–H and O–H groups in total.